The number of Topliss-reactive ketones (excluding diaryl/α,β-unsaturated/α-hetero) is 1. The number of amides is 1. The van der Waals surface area contributed by atoms with Crippen molar-refractivity contribution in [2.24, 2.45) is 4.99 Å². The van der Waals surface area contributed by atoms with Crippen molar-refractivity contribution < 1.29 is 14.3 Å². The average molecular weight is 356 g/mol. The van der Waals surface area contributed by atoms with E-state index in [1.165, 1.54) is 11.8 Å². The quantitative estimate of drug-likeness (QED) is 0.616. The van der Waals surface area contributed by atoms with Crippen molar-refractivity contribution in [1.82, 2.24) is 4.90 Å². The van der Waals surface area contributed by atoms with Gasteiger partial charge in [-0.25, -0.2) is 0 Å². The maximum atomic E-state index is 12.4. The summed E-state index contributed by atoms with van der Waals surface area (Å²) >= 11 is 1.35. The standard InChI is InChI=1S/C19H20N2O3S/c1-13-3-6-15(7-4-13)17(22)14(2)5-8-16-18(23)20-19(25-16)21-9-11-24-12-10-21/h3-8H,9-12H2,1-2H3. The van der Waals surface area contributed by atoms with Gasteiger partial charge in [0.25, 0.3) is 5.91 Å². The molecule has 0 saturated carbocycles. The van der Waals surface area contributed by atoms with Crippen molar-refractivity contribution in [2.75, 3.05) is 26.3 Å². The fraction of sp³-hybridized carbons (Fsp3) is 0.316. The Kier molecular flexibility index (Phi) is 5.50. The second kappa shape index (κ2) is 7.80. The van der Waals surface area contributed by atoms with Crippen molar-refractivity contribution in [2.45, 2.75) is 13.8 Å². The molecule has 2 heterocycles. The normalized spacial score (nSPS) is 20.2. The molecule has 1 aromatic rings. The molecule has 0 spiro atoms. The summed E-state index contributed by atoms with van der Waals surface area (Å²) in [6, 6.07) is 7.46. The van der Waals surface area contributed by atoms with E-state index < -0.39 is 0 Å². The van der Waals surface area contributed by atoms with E-state index in [0.717, 1.165) is 23.8 Å². The molecule has 1 saturated heterocycles. The zero-order valence-corrected chi connectivity index (χ0v) is 15.1. The molecule has 6 heteroatoms. The van der Waals surface area contributed by atoms with E-state index in [2.05, 4.69) is 9.89 Å². The average Bonchev–Trinajstić information content (AvgIpc) is 3.01. The van der Waals surface area contributed by atoms with Crippen LogP contribution in [-0.2, 0) is 9.53 Å². The predicted octanol–water partition coefficient (Wildman–Crippen LogP) is 2.97. The molecule has 0 aromatic heterocycles. The van der Waals surface area contributed by atoms with Crippen LogP contribution in [0.5, 0.6) is 0 Å². The molecular formula is C19H20N2O3S. The van der Waals surface area contributed by atoms with Crippen LogP contribution in [0.15, 0.2) is 51.9 Å². The summed E-state index contributed by atoms with van der Waals surface area (Å²) in [5.41, 5.74) is 2.35. The van der Waals surface area contributed by atoms with Crippen LogP contribution in [-0.4, -0.2) is 48.1 Å². The molecule has 25 heavy (non-hydrogen) atoms. The summed E-state index contributed by atoms with van der Waals surface area (Å²) in [7, 11) is 0. The van der Waals surface area contributed by atoms with Crippen molar-refractivity contribution in [3.05, 3.63) is 58.0 Å². The van der Waals surface area contributed by atoms with Gasteiger partial charge in [0, 0.05) is 18.7 Å². The molecule has 0 atom stereocenters. The number of aliphatic imine (C=N–C) groups is 1. The summed E-state index contributed by atoms with van der Waals surface area (Å²) in [4.78, 5) is 31.2. The van der Waals surface area contributed by atoms with Crippen LogP contribution in [0.1, 0.15) is 22.8 Å². The molecule has 2 aliphatic heterocycles. The van der Waals surface area contributed by atoms with Gasteiger partial charge in [-0.15, -0.1) is 0 Å². The van der Waals surface area contributed by atoms with Gasteiger partial charge in [0.2, 0.25) is 0 Å². The molecule has 1 fully saturated rings. The van der Waals surface area contributed by atoms with E-state index in [9.17, 15) is 9.59 Å². The van der Waals surface area contributed by atoms with Crippen molar-refractivity contribution in [1.29, 1.82) is 0 Å². The first-order chi connectivity index (χ1) is 12.0. The van der Waals surface area contributed by atoms with E-state index in [4.69, 9.17) is 4.74 Å². The highest BCUT2D eigenvalue weighted by molar-refractivity contribution is 8.18. The van der Waals surface area contributed by atoms with Gasteiger partial charge in [0.15, 0.2) is 11.0 Å². The first kappa shape index (κ1) is 17.6. The van der Waals surface area contributed by atoms with Crippen LogP contribution in [0.2, 0.25) is 0 Å². The maximum absolute atomic E-state index is 12.4. The molecule has 3 rings (SSSR count). The highest BCUT2D eigenvalue weighted by Gasteiger charge is 2.26. The Morgan fingerprint density at radius 2 is 1.92 bits per heavy atom. The van der Waals surface area contributed by atoms with E-state index >= 15 is 0 Å². The molecule has 5 nitrogen and oxygen atoms in total. The number of ketones is 1. The smallest absolute Gasteiger partial charge is 0.286 e. The number of hydrogen-bond donors (Lipinski definition) is 0. The molecule has 130 valence electrons. The van der Waals surface area contributed by atoms with Gasteiger partial charge in [0.05, 0.1) is 18.1 Å². The summed E-state index contributed by atoms with van der Waals surface area (Å²) < 4.78 is 5.32. The van der Waals surface area contributed by atoms with Crippen molar-refractivity contribution >= 4 is 28.6 Å². The summed E-state index contributed by atoms with van der Waals surface area (Å²) in [5, 5.41) is 0.718. The number of carbonyl (C=O) groups excluding carboxylic acids is 2. The Hall–Kier alpha value is -2.18. The number of allylic oxidation sites excluding steroid dienone is 3. The van der Waals surface area contributed by atoms with Gasteiger partial charge in [-0.3, -0.25) is 9.59 Å². The van der Waals surface area contributed by atoms with Crippen molar-refractivity contribution in [3.63, 3.8) is 0 Å². The third-order valence-electron chi connectivity index (χ3n) is 4.05. The summed E-state index contributed by atoms with van der Waals surface area (Å²) in [6.45, 7) is 6.53. The maximum Gasteiger partial charge on any atom is 0.286 e. The summed E-state index contributed by atoms with van der Waals surface area (Å²) in [5.74, 6) is -0.292. The SMILES string of the molecule is CC(=CC=C1SC(N2CCOCC2)=NC1=O)C(=O)c1ccc(C)cc1. The van der Waals surface area contributed by atoms with Gasteiger partial charge in [0.1, 0.15) is 0 Å². The minimum absolute atomic E-state index is 0.0402. The van der Waals surface area contributed by atoms with Crippen LogP contribution >= 0.6 is 11.8 Å². The number of amidine groups is 1. The highest BCUT2D eigenvalue weighted by atomic mass is 32.2. The highest BCUT2D eigenvalue weighted by Crippen LogP contribution is 2.29. The monoisotopic (exact) mass is 356 g/mol. The lowest BCUT2D eigenvalue weighted by Gasteiger charge is -2.27. The lowest BCUT2D eigenvalue weighted by atomic mass is 10.0. The number of hydrogen-bond acceptors (Lipinski definition) is 5. The van der Waals surface area contributed by atoms with Gasteiger partial charge in [-0.2, -0.15) is 4.99 Å². The van der Waals surface area contributed by atoms with Crippen LogP contribution in [0, 0.1) is 6.92 Å². The number of carbonyl (C=O) groups is 2. The lowest BCUT2D eigenvalue weighted by Crippen LogP contribution is -2.38. The van der Waals surface area contributed by atoms with Crippen molar-refractivity contribution in [3.8, 4) is 0 Å². The second-order valence-corrected chi connectivity index (χ2v) is 6.99. The van der Waals surface area contributed by atoms with E-state index in [-0.39, 0.29) is 11.7 Å². The Balaban J connectivity index is 1.68. The summed E-state index contributed by atoms with van der Waals surface area (Å²) in [6.07, 6.45) is 3.38. The number of thioether (sulfide) groups is 1. The lowest BCUT2D eigenvalue weighted by molar-refractivity contribution is -0.113. The first-order valence-corrected chi connectivity index (χ1v) is 9.00. The third kappa shape index (κ3) is 4.27. The van der Waals surface area contributed by atoms with E-state index in [1.54, 1.807) is 19.1 Å². The number of nitrogens with zero attached hydrogens (tertiary/aromatic N) is 2. The molecule has 1 amide bonds. The zero-order chi connectivity index (χ0) is 17.8. The molecule has 0 unspecified atom stereocenters. The predicted molar refractivity (Wildman–Crippen MR) is 99.8 cm³/mol. The minimum atomic E-state index is -0.252. The molecule has 0 radical (unpaired) electrons. The van der Waals surface area contributed by atoms with Crippen LogP contribution in [0.3, 0.4) is 0 Å². The molecule has 2 aliphatic rings. The molecule has 0 bridgehead atoms. The van der Waals surface area contributed by atoms with Gasteiger partial charge >= 0.3 is 0 Å². The van der Waals surface area contributed by atoms with E-state index in [0.29, 0.717) is 29.3 Å². The molecule has 0 N–H and O–H groups in total. The minimum Gasteiger partial charge on any atom is -0.378 e. The van der Waals surface area contributed by atoms with E-state index in [1.807, 2.05) is 31.2 Å². The van der Waals surface area contributed by atoms with Gasteiger partial charge in [-0.1, -0.05) is 35.9 Å². The third-order valence-corrected chi connectivity index (χ3v) is 5.11. The fourth-order valence-electron chi connectivity index (χ4n) is 2.51. The Bertz CT molecular complexity index is 772. The largest absolute Gasteiger partial charge is 0.378 e. The molecule has 0 aliphatic carbocycles. The number of rotatable bonds is 3. The van der Waals surface area contributed by atoms with Crippen LogP contribution < -0.4 is 0 Å². The fourth-order valence-corrected chi connectivity index (χ4v) is 3.42. The first-order valence-electron chi connectivity index (χ1n) is 8.18. The Morgan fingerprint density at radius 1 is 1.24 bits per heavy atom. The number of morpholine rings is 1. The van der Waals surface area contributed by atoms with Gasteiger partial charge < -0.3 is 9.64 Å². The zero-order valence-electron chi connectivity index (χ0n) is 14.3. The Morgan fingerprint density at radius 3 is 2.60 bits per heavy atom. The Labute approximate surface area is 151 Å². The second-order valence-electron chi connectivity index (χ2n) is 5.98. The van der Waals surface area contributed by atoms with Crippen LogP contribution in [0.25, 0.3) is 0 Å². The molecule has 1 aromatic carbocycles. The number of benzene rings is 1. The number of ether oxygens (including phenoxy) is 1. The molecular weight excluding hydrogens is 336 g/mol. The van der Waals surface area contributed by atoms with Gasteiger partial charge in [-0.05, 0) is 37.3 Å². The topological polar surface area (TPSA) is 59.0 Å². The number of aryl methyl sites for hydroxylation is 1. The van der Waals surface area contributed by atoms with Crippen LogP contribution in [0.4, 0.5) is 0 Å².